The summed E-state index contributed by atoms with van der Waals surface area (Å²) in [6, 6.07) is 13.0. The van der Waals surface area contributed by atoms with Crippen LogP contribution in [0.3, 0.4) is 0 Å². The molecule has 2 aromatic heterocycles. The fourth-order valence-corrected chi connectivity index (χ4v) is 3.22. The molecule has 0 N–H and O–H groups in total. The summed E-state index contributed by atoms with van der Waals surface area (Å²) in [6.45, 7) is 0.463. The van der Waals surface area contributed by atoms with Gasteiger partial charge in [0.15, 0.2) is 0 Å². The second-order valence-electron chi connectivity index (χ2n) is 5.63. The molecular weight excluding hydrogens is 405 g/mol. The number of aromatic nitrogens is 3. The number of halogens is 2. The molecule has 0 aliphatic rings. The molecular formula is C19H13ClFN3O3S. The van der Waals surface area contributed by atoms with E-state index >= 15 is 0 Å². The van der Waals surface area contributed by atoms with E-state index in [9.17, 15) is 4.39 Å². The Labute approximate surface area is 168 Å². The van der Waals surface area contributed by atoms with Gasteiger partial charge in [0, 0.05) is 10.9 Å². The molecule has 0 unspecified atom stereocenters. The molecule has 0 saturated heterocycles. The average Bonchev–Trinajstić information content (AvgIpc) is 3.36. The summed E-state index contributed by atoms with van der Waals surface area (Å²) in [5.74, 6) is 0.624. The minimum atomic E-state index is -0.306. The number of hydrogen-bond donors (Lipinski definition) is 0. The average molecular weight is 418 g/mol. The van der Waals surface area contributed by atoms with Gasteiger partial charge >= 0.3 is 6.08 Å². The van der Waals surface area contributed by atoms with E-state index in [1.54, 1.807) is 24.3 Å². The van der Waals surface area contributed by atoms with Crippen LogP contribution in [0.5, 0.6) is 11.8 Å². The number of rotatable bonds is 7. The molecule has 4 rings (SSSR count). The third kappa shape index (κ3) is 4.47. The first-order chi connectivity index (χ1) is 13.7. The van der Waals surface area contributed by atoms with Gasteiger partial charge in [-0.15, -0.1) is 11.3 Å². The van der Waals surface area contributed by atoms with E-state index in [1.165, 1.54) is 23.5 Å². The normalized spacial score (nSPS) is 10.8. The first-order valence-electron chi connectivity index (χ1n) is 8.20. The third-order valence-corrected chi connectivity index (χ3v) is 4.84. The summed E-state index contributed by atoms with van der Waals surface area (Å²) < 4.78 is 29.1. The van der Waals surface area contributed by atoms with Crippen LogP contribution < -0.4 is 9.47 Å². The van der Waals surface area contributed by atoms with Crippen molar-refractivity contribution in [3.8, 4) is 23.2 Å². The van der Waals surface area contributed by atoms with Gasteiger partial charge in [0.1, 0.15) is 29.8 Å². The fraction of sp³-hybridized carbons (Fsp3) is 0.105. The molecule has 0 aliphatic heterocycles. The van der Waals surface area contributed by atoms with Crippen molar-refractivity contribution in [3.63, 3.8) is 0 Å². The van der Waals surface area contributed by atoms with Crippen LogP contribution in [0.2, 0.25) is 5.02 Å². The maximum absolute atomic E-state index is 12.9. The molecule has 0 aliphatic carbocycles. The number of thiazole rings is 1. The van der Waals surface area contributed by atoms with Gasteiger partial charge in [-0.3, -0.25) is 4.52 Å². The molecule has 0 fully saturated rings. The molecule has 2 heterocycles. The van der Waals surface area contributed by atoms with Crippen molar-refractivity contribution in [2.75, 3.05) is 0 Å². The maximum Gasteiger partial charge on any atom is 0.418 e. The first-order valence-corrected chi connectivity index (χ1v) is 9.46. The van der Waals surface area contributed by atoms with Gasteiger partial charge in [-0.1, -0.05) is 28.9 Å². The zero-order valence-corrected chi connectivity index (χ0v) is 15.9. The number of nitrogens with zero attached hydrogens (tertiary/aromatic N) is 3. The predicted octanol–water partition coefficient (Wildman–Crippen LogP) is 5.14. The lowest BCUT2D eigenvalue weighted by molar-refractivity contribution is 0.193. The van der Waals surface area contributed by atoms with Gasteiger partial charge in [0.05, 0.1) is 10.7 Å². The lowest BCUT2D eigenvalue weighted by Gasteiger charge is -2.03. The van der Waals surface area contributed by atoms with Crippen molar-refractivity contribution in [2.24, 2.45) is 0 Å². The van der Waals surface area contributed by atoms with Gasteiger partial charge in [-0.25, -0.2) is 9.37 Å². The minimum absolute atomic E-state index is 0.0343. The highest BCUT2D eigenvalue weighted by Gasteiger charge is 2.13. The monoisotopic (exact) mass is 417 g/mol. The highest BCUT2D eigenvalue weighted by atomic mass is 35.5. The van der Waals surface area contributed by atoms with Crippen molar-refractivity contribution in [2.45, 2.75) is 13.2 Å². The Kier molecular flexibility index (Phi) is 5.50. The van der Waals surface area contributed by atoms with Crippen molar-refractivity contribution >= 4 is 22.9 Å². The highest BCUT2D eigenvalue weighted by molar-refractivity contribution is 7.09. The summed E-state index contributed by atoms with van der Waals surface area (Å²) in [5.41, 5.74) is 1.37. The van der Waals surface area contributed by atoms with Crippen LogP contribution in [0, 0.1) is 5.82 Å². The first kappa shape index (κ1) is 18.4. The van der Waals surface area contributed by atoms with Crippen LogP contribution in [0.4, 0.5) is 4.39 Å². The zero-order valence-electron chi connectivity index (χ0n) is 14.3. The van der Waals surface area contributed by atoms with Crippen LogP contribution in [-0.2, 0) is 13.2 Å². The van der Waals surface area contributed by atoms with E-state index in [1.807, 2.05) is 17.5 Å². The van der Waals surface area contributed by atoms with Crippen LogP contribution in [-0.4, -0.2) is 15.1 Å². The molecule has 4 aromatic rings. The second kappa shape index (κ2) is 8.37. The molecule has 0 amide bonds. The predicted molar refractivity (Wildman–Crippen MR) is 102 cm³/mol. The summed E-state index contributed by atoms with van der Waals surface area (Å²) >= 11 is 7.56. The lowest BCUT2D eigenvalue weighted by atomic mass is 10.2. The Balaban J connectivity index is 1.32. The highest BCUT2D eigenvalue weighted by Crippen LogP contribution is 2.26. The van der Waals surface area contributed by atoms with Crippen LogP contribution in [0.25, 0.3) is 11.4 Å². The second-order valence-corrected chi connectivity index (χ2v) is 6.98. The SMILES string of the molecule is Fc1ccc(OCc2nc(COc3nc(-c4ccccc4Cl)no3)cs2)cc1. The third-order valence-electron chi connectivity index (χ3n) is 3.64. The molecule has 0 atom stereocenters. The Bertz CT molecular complexity index is 1070. The number of ether oxygens (including phenoxy) is 2. The quantitative estimate of drug-likeness (QED) is 0.414. The van der Waals surface area contributed by atoms with Crippen LogP contribution in [0.1, 0.15) is 10.7 Å². The molecule has 9 heteroatoms. The summed E-state index contributed by atoms with van der Waals surface area (Å²) in [5, 5.41) is 7.03. The van der Waals surface area contributed by atoms with Gasteiger partial charge in [-0.2, -0.15) is 4.98 Å². The Morgan fingerprint density at radius 3 is 2.64 bits per heavy atom. The molecule has 0 spiro atoms. The van der Waals surface area contributed by atoms with Gasteiger partial charge in [-0.05, 0) is 36.4 Å². The molecule has 2 aromatic carbocycles. The van der Waals surface area contributed by atoms with E-state index in [-0.39, 0.29) is 25.1 Å². The summed E-state index contributed by atoms with van der Waals surface area (Å²) in [4.78, 5) is 8.60. The molecule has 28 heavy (non-hydrogen) atoms. The zero-order chi connectivity index (χ0) is 19.3. The number of hydrogen-bond acceptors (Lipinski definition) is 7. The minimum Gasteiger partial charge on any atom is -0.486 e. The van der Waals surface area contributed by atoms with Gasteiger partial charge in [0.25, 0.3) is 0 Å². The van der Waals surface area contributed by atoms with Crippen molar-refractivity contribution in [3.05, 3.63) is 75.5 Å². The smallest absolute Gasteiger partial charge is 0.418 e. The maximum atomic E-state index is 12.9. The Hall–Kier alpha value is -2.97. The van der Waals surface area contributed by atoms with E-state index in [2.05, 4.69) is 15.1 Å². The summed E-state index contributed by atoms with van der Waals surface area (Å²) in [6.07, 6.45) is 0.0343. The Morgan fingerprint density at radius 1 is 1.00 bits per heavy atom. The van der Waals surface area contributed by atoms with E-state index in [0.29, 0.717) is 27.9 Å². The van der Waals surface area contributed by atoms with Gasteiger partial charge in [0.2, 0.25) is 5.82 Å². The fourth-order valence-electron chi connectivity index (χ4n) is 2.31. The lowest BCUT2D eigenvalue weighted by Crippen LogP contribution is -1.98. The molecule has 142 valence electrons. The topological polar surface area (TPSA) is 70.3 Å². The number of benzene rings is 2. The summed E-state index contributed by atoms with van der Waals surface area (Å²) in [7, 11) is 0. The molecule has 6 nitrogen and oxygen atoms in total. The van der Waals surface area contributed by atoms with E-state index < -0.39 is 0 Å². The standard InChI is InChI=1S/C19H13ClFN3O3S/c20-16-4-2-1-3-15(16)18-23-19(27-24-18)26-9-13-11-28-17(22-13)10-25-14-7-5-12(21)6-8-14/h1-8,11H,9-10H2. The molecule has 0 radical (unpaired) electrons. The van der Waals surface area contributed by atoms with Crippen LogP contribution in [0.15, 0.2) is 58.4 Å². The van der Waals surface area contributed by atoms with Crippen molar-refractivity contribution in [1.29, 1.82) is 0 Å². The molecule has 0 saturated carbocycles. The van der Waals surface area contributed by atoms with Crippen LogP contribution >= 0.6 is 22.9 Å². The van der Waals surface area contributed by atoms with Gasteiger partial charge < -0.3 is 9.47 Å². The largest absolute Gasteiger partial charge is 0.486 e. The van der Waals surface area contributed by atoms with E-state index in [0.717, 1.165) is 5.01 Å². The van der Waals surface area contributed by atoms with Crippen molar-refractivity contribution in [1.82, 2.24) is 15.1 Å². The van der Waals surface area contributed by atoms with E-state index in [4.69, 9.17) is 25.6 Å². The molecule has 0 bridgehead atoms. The Morgan fingerprint density at radius 2 is 1.82 bits per heavy atom. The van der Waals surface area contributed by atoms with Crippen molar-refractivity contribution < 1.29 is 18.4 Å².